The Morgan fingerprint density at radius 3 is 1.57 bits per heavy atom. The van der Waals surface area contributed by atoms with E-state index in [1.807, 2.05) is 6.20 Å². The number of nitrogens with two attached hydrogens (primary N) is 1. The predicted octanol–water partition coefficient (Wildman–Crippen LogP) is 4.53. The molecular weight excluding hydrogens is 342 g/mol. The van der Waals surface area contributed by atoms with E-state index in [0.717, 1.165) is 17.9 Å². The highest BCUT2D eigenvalue weighted by Gasteiger charge is 2.40. The second kappa shape index (κ2) is 7.83. The number of imidazole rings is 1. The molecule has 0 bridgehead atoms. The standard InChI is InChI=1S/C25H25N3/c1-20-27-19-24(17-18-26)28(20)25(21-11-5-2-6-12-21,22-13-7-3-8-14-22)23-15-9-4-10-16-23/h2-16,19H,17-18,26H2,1H3. The summed E-state index contributed by atoms with van der Waals surface area (Å²) in [5.74, 6) is 0.972. The number of benzene rings is 3. The zero-order chi connectivity index (χ0) is 19.4. The molecule has 0 aliphatic rings. The van der Waals surface area contributed by atoms with Gasteiger partial charge in [0.25, 0.3) is 0 Å². The van der Waals surface area contributed by atoms with E-state index in [0.29, 0.717) is 6.54 Å². The summed E-state index contributed by atoms with van der Waals surface area (Å²) in [5.41, 5.74) is 10.2. The first-order valence-corrected chi connectivity index (χ1v) is 9.69. The molecule has 0 unspecified atom stereocenters. The minimum Gasteiger partial charge on any atom is -0.330 e. The van der Waals surface area contributed by atoms with Gasteiger partial charge in [0.05, 0.1) is 0 Å². The molecule has 140 valence electrons. The third-order valence-electron chi connectivity index (χ3n) is 5.32. The van der Waals surface area contributed by atoms with Crippen LogP contribution < -0.4 is 5.73 Å². The lowest BCUT2D eigenvalue weighted by molar-refractivity contribution is 0.484. The zero-order valence-corrected chi connectivity index (χ0v) is 16.1. The van der Waals surface area contributed by atoms with E-state index in [-0.39, 0.29) is 0 Å². The summed E-state index contributed by atoms with van der Waals surface area (Å²) in [6.45, 7) is 2.66. The monoisotopic (exact) mass is 367 g/mol. The van der Waals surface area contributed by atoms with Crippen molar-refractivity contribution < 1.29 is 0 Å². The largest absolute Gasteiger partial charge is 0.330 e. The van der Waals surface area contributed by atoms with E-state index in [9.17, 15) is 0 Å². The van der Waals surface area contributed by atoms with Gasteiger partial charge < -0.3 is 10.3 Å². The molecule has 2 N–H and O–H groups in total. The Hall–Kier alpha value is -3.17. The van der Waals surface area contributed by atoms with Crippen LogP contribution in [0.3, 0.4) is 0 Å². The molecular formula is C25H25N3. The number of rotatable bonds is 6. The van der Waals surface area contributed by atoms with Crippen molar-refractivity contribution in [2.75, 3.05) is 6.54 Å². The Morgan fingerprint density at radius 1 is 0.750 bits per heavy atom. The van der Waals surface area contributed by atoms with Gasteiger partial charge in [-0.15, -0.1) is 0 Å². The van der Waals surface area contributed by atoms with Crippen molar-refractivity contribution in [3.8, 4) is 0 Å². The maximum atomic E-state index is 5.96. The van der Waals surface area contributed by atoms with Gasteiger partial charge in [0.1, 0.15) is 11.4 Å². The van der Waals surface area contributed by atoms with E-state index in [2.05, 4.69) is 107 Å². The fraction of sp³-hybridized carbons (Fsp3) is 0.160. The summed E-state index contributed by atoms with van der Waals surface area (Å²) in [6.07, 6.45) is 2.74. The Balaban J connectivity index is 2.16. The minimum absolute atomic E-state index is 0.519. The van der Waals surface area contributed by atoms with Crippen LogP contribution in [0.25, 0.3) is 0 Å². The molecule has 3 aromatic carbocycles. The summed E-state index contributed by atoms with van der Waals surface area (Å²) in [7, 11) is 0. The maximum Gasteiger partial charge on any atom is 0.122 e. The Kier molecular flexibility index (Phi) is 5.09. The van der Waals surface area contributed by atoms with Crippen molar-refractivity contribution in [3.05, 3.63) is 125 Å². The van der Waals surface area contributed by atoms with Crippen LogP contribution in [0.1, 0.15) is 28.2 Å². The Morgan fingerprint density at radius 2 is 1.18 bits per heavy atom. The van der Waals surface area contributed by atoms with Gasteiger partial charge in [-0.1, -0.05) is 91.0 Å². The van der Waals surface area contributed by atoms with Gasteiger partial charge >= 0.3 is 0 Å². The van der Waals surface area contributed by atoms with E-state index in [1.54, 1.807) is 0 Å². The molecule has 0 saturated carbocycles. The van der Waals surface area contributed by atoms with Gasteiger partial charge in [0, 0.05) is 18.3 Å². The lowest BCUT2D eigenvalue weighted by Crippen LogP contribution is -2.39. The molecule has 3 heteroatoms. The summed E-state index contributed by atoms with van der Waals surface area (Å²) in [6, 6.07) is 32.0. The van der Waals surface area contributed by atoms with Crippen molar-refractivity contribution in [2.45, 2.75) is 18.9 Å². The molecule has 0 fully saturated rings. The molecule has 4 rings (SSSR count). The highest BCUT2D eigenvalue weighted by Crippen LogP contribution is 2.42. The molecule has 0 amide bonds. The molecule has 0 atom stereocenters. The first-order valence-electron chi connectivity index (χ1n) is 9.69. The SMILES string of the molecule is Cc1ncc(CCN)n1C(c1ccccc1)(c1ccccc1)c1ccccc1. The molecule has 3 nitrogen and oxygen atoms in total. The van der Waals surface area contributed by atoms with Gasteiger partial charge in [0.2, 0.25) is 0 Å². The highest BCUT2D eigenvalue weighted by atomic mass is 15.1. The second-order valence-corrected chi connectivity index (χ2v) is 6.98. The van der Waals surface area contributed by atoms with Crippen molar-refractivity contribution in [1.82, 2.24) is 9.55 Å². The van der Waals surface area contributed by atoms with E-state index in [4.69, 9.17) is 5.73 Å². The summed E-state index contributed by atoms with van der Waals surface area (Å²) in [5, 5.41) is 0. The van der Waals surface area contributed by atoms with Crippen molar-refractivity contribution in [3.63, 3.8) is 0 Å². The van der Waals surface area contributed by atoms with E-state index in [1.165, 1.54) is 16.7 Å². The topological polar surface area (TPSA) is 43.8 Å². The van der Waals surface area contributed by atoms with Crippen LogP contribution in [0, 0.1) is 6.92 Å². The van der Waals surface area contributed by atoms with Crippen LogP contribution in [0.5, 0.6) is 0 Å². The number of hydrogen-bond donors (Lipinski definition) is 1. The Labute approximate surface area is 166 Å². The molecule has 1 heterocycles. The van der Waals surface area contributed by atoms with Crippen LogP contribution in [0.4, 0.5) is 0 Å². The van der Waals surface area contributed by atoms with Gasteiger partial charge in [-0.2, -0.15) is 0 Å². The molecule has 0 spiro atoms. The Bertz CT molecular complexity index is 925. The van der Waals surface area contributed by atoms with Gasteiger partial charge in [-0.3, -0.25) is 0 Å². The maximum absolute atomic E-state index is 5.96. The first kappa shape index (κ1) is 18.2. The second-order valence-electron chi connectivity index (χ2n) is 6.98. The first-order chi connectivity index (χ1) is 13.8. The average Bonchev–Trinajstić information content (AvgIpc) is 3.12. The molecule has 0 aliphatic carbocycles. The lowest BCUT2D eigenvalue weighted by atomic mass is 9.76. The van der Waals surface area contributed by atoms with Gasteiger partial charge in [-0.05, 0) is 30.2 Å². The van der Waals surface area contributed by atoms with E-state index < -0.39 is 5.54 Å². The third-order valence-corrected chi connectivity index (χ3v) is 5.32. The lowest BCUT2D eigenvalue weighted by Gasteiger charge is -2.39. The van der Waals surface area contributed by atoms with Gasteiger partial charge in [-0.25, -0.2) is 4.98 Å². The molecule has 1 aromatic heterocycles. The number of aryl methyl sites for hydroxylation is 1. The molecule has 28 heavy (non-hydrogen) atoms. The van der Waals surface area contributed by atoms with Crippen molar-refractivity contribution in [1.29, 1.82) is 0 Å². The normalized spacial score (nSPS) is 11.5. The highest BCUT2D eigenvalue weighted by molar-refractivity contribution is 5.51. The fourth-order valence-electron chi connectivity index (χ4n) is 4.20. The number of nitrogens with zero attached hydrogens (tertiary/aromatic N) is 2. The molecule has 4 aromatic rings. The van der Waals surface area contributed by atoms with Crippen LogP contribution in [-0.2, 0) is 12.0 Å². The van der Waals surface area contributed by atoms with Crippen LogP contribution in [-0.4, -0.2) is 16.1 Å². The summed E-state index contributed by atoms with van der Waals surface area (Å²) in [4.78, 5) is 4.69. The molecule has 0 aliphatic heterocycles. The van der Waals surface area contributed by atoms with Crippen LogP contribution >= 0.6 is 0 Å². The van der Waals surface area contributed by atoms with Crippen molar-refractivity contribution in [2.24, 2.45) is 5.73 Å². The number of hydrogen-bond acceptors (Lipinski definition) is 2. The fourth-order valence-corrected chi connectivity index (χ4v) is 4.20. The van der Waals surface area contributed by atoms with Crippen LogP contribution in [0.15, 0.2) is 97.2 Å². The minimum atomic E-state index is -0.519. The predicted molar refractivity (Wildman–Crippen MR) is 114 cm³/mol. The molecule has 0 saturated heterocycles. The molecule has 0 radical (unpaired) electrons. The summed E-state index contributed by atoms with van der Waals surface area (Å²) >= 11 is 0. The van der Waals surface area contributed by atoms with E-state index >= 15 is 0 Å². The van der Waals surface area contributed by atoms with Crippen LogP contribution in [0.2, 0.25) is 0 Å². The summed E-state index contributed by atoms with van der Waals surface area (Å²) < 4.78 is 2.36. The third kappa shape index (κ3) is 2.94. The number of aromatic nitrogens is 2. The van der Waals surface area contributed by atoms with Crippen molar-refractivity contribution >= 4 is 0 Å². The van der Waals surface area contributed by atoms with Gasteiger partial charge in [0.15, 0.2) is 0 Å². The zero-order valence-electron chi connectivity index (χ0n) is 16.1. The quantitative estimate of drug-likeness (QED) is 0.509. The average molecular weight is 367 g/mol. The smallest absolute Gasteiger partial charge is 0.122 e.